The Labute approximate surface area is 92.2 Å². The van der Waals surface area contributed by atoms with Gasteiger partial charge in [-0.3, -0.25) is 9.63 Å². The third-order valence-corrected chi connectivity index (χ3v) is 2.40. The number of rotatable bonds is 9. The highest BCUT2D eigenvalue weighted by Crippen LogP contribution is 2.13. The molecule has 0 aliphatic heterocycles. The van der Waals surface area contributed by atoms with Crippen LogP contribution < -0.4 is 0 Å². The molecule has 1 atom stereocenters. The first kappa shape index (κ1) is 14.4. The fourth-order valence-electron chi connectivity index (χ4n) is 1.46. The zero-order valence-corrected chi connectivity index (χ0v) is 10.0. The second-order valence-corrected chi connectivity index (χ2v) is 3.74. The van der Waals surface area contributed by atoms with E-state index >= 15 is 0 Å². The summed E-state index contributed by atoms with van der Waals surface area (Å²) >= 11 is 0. The van der Waals surface area contributed by atoms with Gasteiger partial charge in [0.05, 0.1) is 12.5 Å². The Hall–Kier alpha value is -0.610. The van der Waals surface area contributed by atoms with Gasteiger partial charge >= 0.3 is 5.97 Å². The number of carboxylic acid groups (broad SMARTS) is 1. The van der Waals surface area contributed by atoms with Gasteiger partial charge in [-0.2, -0.15) is 5.06 Å². The van der Waals surface area contributed by atoms with Crippen LogP contribution in [-0.4, -0.2) is 36.3 Å². The molecule has 0 radical (unpaired) electrons. The minimum absolute atomic E-state index is 0.229. The van der Waals surface area contributed by atoms with Gasteiger partial charge in [-0.25, -0.2) is 0 Å². The number of hydrogen-bond acceptors (Lipinski definition) is 3. The molecule has 0 aliphatic rings. The van der Waals surface area contributed by atoms with Gasteiger partial charge in [-0.1, -0.05) is 19.8 Å². The topological polar surface area (TPSA) is 49.8 Å². The normalized spacial score (nSPS) is 13.1. The van der Waals surface area contributed by atoms with E-state index in [-0.39, 0.29) is 5.92 Å². The number of unbranched alkanes of at least 4 members (excludes halogenated alkanes) is 1. The lowest BCUT2D eigenvalue weighted by Gasteiger charge is -2.18. The van der Waals surface area contributed by atoms with Gasteiger partial charge in [0.25, 0.3) is 0 Å². The van der Waals surface area contributed by atoms with Crippen LogP contribution in [0.2, 0.25) is 0 Å². The molecular weight excluding hydrogens is 194 g/mol. The zero-order chi connectivity index (χ0) is 11.7. The summed E-state index contributed by atoms with van der Waals surface area (Å²) < 4.78 is 0. The smallest absolute Gasteiger partial charge is 0.306 e. The van der Waals surface area contributed by atoms with Crippen LogP contribution in [0.15, 0.2) is 0 Å². The van der Waals surface area contributed by atoms with Crippen LogP contribution in [0.1, 0.15) is 39.5 Å². The van der Waals surface area contributed by atoms with Gasteiger partial charge in [-0.15, -0.1) is 0 Å². The van der Waals surface area contributed by atoms with Crippen LogP contribution in [0.25, 0.3) is 0 Å². The van der Waals surface area contributed by atoms with E-state index in [2.05, 4.69) is 6.92 Å². The molecule has 1 N–H and O–H groups in total. The summed E-state index contributed by atoms with van der Waals surface area (Å²) in [4.78, 5) is 16.1. The molecule has 0 bridgehead atoms. The van der Waals surface area contributed by atoms with E-state index in [4.69, 9.17) is 9.94 Å². The Bertz CT molecular complexity index is 173. The van der Waals surface area contributed by atoms with Crippen molar-refractivity contribution < 1.29 is 14.7 Å². The predicted molar refractivity (Wildman–Crippen MR) is 59.5 cm³/mol. The molecule has 90 valence electrons. The quantitative estimate of drug-likeness (QED) is 0.601. The number of hydrogen-bond donors (Lipinski definition) is 1. The summed E-state index contributed by atoms with van der Waals surface area (Å²) in [5.74, 6) is -0.916. The van der Waals surface area contributed by atoms with Crippen molar-refractivity contribution in [1.82, 2.24) is 5.06 Å². The van der Waals surface area contributed by atoms with Crippen molar-refractivity contribution in [2.45, 2.75) is 39.5 Å². The van der Waals surface area contributed by atoms with Crippen LogP contribution in [0.3, 0.4) is 0 Å². The van der Waals surface area contributed by atoms with Gasteiger partial charge in [0.2, 0.25) is 0 Å². The average Bonchev–Trinajstić information content (AvgIpc) is 2.17. The van der Waals surface area contributed by atoms with Crippen LogP contribution in [0, 0.1) is 5.92 Å². The SMILES string of the molecule is CCCCC(CCN(C)OCC)C(=O)O. The molecule has 15 heavy (non-hydrogen) atoms. The highest BCUT2D eigenvalue weighted by Gasteiger charge is 2.17. The third kappa shape index (κ3) is 7.33. The van der Waals surface area contributed by atoms with Gasteiger partial charge in [-0.05, 0) is 19.8 Å². The van der Waals surface area contributed by atoms with Crippen molar-refractivity contribution in [3.8, 4) is 0 Å². The Morgan fingerprint density at radius 2 is 2.07 bits per heavy atom. The molecule has 4 nitrogen and oxygen atoms in total. The maximum Gasteiger partial charge on any atom is 0.306 e. The van der Waals surface area contributed by atoms with E-state index in [1.165, 1.54) is 0 Å². The fourth-order valence-corrected chi connectivity index (χ4v) is 1.46. The Morgan fingerprint density at radius 3 is 2.53 bits per heavy atom. The predicted octanol–water partition coefficient (Wildman–Crippen LogP) is 2.15. The minimum Gasteiger partial charge on any atom is -0.481 e. The fraction of sp³-hybridized carbons (Fsp3) is 0.909. The molecule has 0 rings (SSSR count). The first-order chi connectivity index (χ1) is 7.11. The second-order valence-electron chi connectivity index (χ2n) is 3.74. The monoisotopic (exact) mass is 217 g/mol. The molecule has 0 aromatic carbocycles. The molecule has 0 fully saturated rings. The molecule has 0 aliphatic carbocycles. The maximum atomic E-state index is 10.9. The molecule has 0 aromatic heterocycles. The van der Waals surface area contributed by atoms with Crippen molar-refractivity contribution in [2.24, 2.45) is 5.92 Å². The molecule has 4 heteroatoms. The van der Waals surface area contributed by atoms with Crippen molar-refractivity contribution in [3.05, 3.63) is 0 Å². The minimum atomic E-state index is -0.687. The van der Waals surface area contributed by atoms with Crippen LogP contribution in [0.4, 0.5) is 0 Å². The molecule has 0 amide bonds. The summed E-state index contributed by atoms with van der Waals surface area (Å²) in [6.07, 6.45) is 3.46. The first-order valence-electron chi connectivity index (χ1n) is 5.68. The number of aliphatic carboxylic acids is 1. The first-order valence-corrected chi connectivity index (χ1v) is 5.68. The van der Waals surface area contributed by atoms with E-state index in [0.29, 0.717) is 19.6 Å². The summed E-state index contributed by atoms with van der Waals surface area (Å²) in [5.41, 5.74) is 0. The van der Waals surface area contributed by atoms with E-state index in [9.17, 15) is 4.79 Å². The molecule has 0 aromatic rings. The highest BCUT2D eigenvalue weighted by atomic mass is 16.7. The van der Waals surface area contributed by atoms with Gasteiger partial charge in [0.15, 0.2) is 0 Å². The third-order valence-electron chi connectivity index (χ3n) is 2.40. The molecule has 0 spiro atoms. The molecule has 1 unspecified atom stereocenters. The van der Waals surface area contributed by atoms with Crippen molar-refractivity contribution >= 4 is 5.97 Å². The summed E-state index contributed by atoms with van der Waals surface area (Å²) in [7, 11) is 1.84. The molecule has 0 heterocycles. The second kappa shape index (κ2) is 8.68. The van der Waals surface area contributed by atoms with Gasteiger partial charge in [0.1, 0.15) is 0 Å². The Kier molecular flexibility index (Phi) is 8.33. The van der Waals surface area contributed by atoms with Gasteiger partial charge in [0, 0.05) is 13.6 Å². The summed E-state index contributed by atoms with van der Waals surface area (Å²) in [6.45, 7) is 5.30. The summed E-state index contributed by atoms with van der Waals surface area (Å²) in [6, 6.07) is 0. The van der Waals surface area contributed by atoms with E-state index < -0.39 is 5.97 Å². The standard InChI is InChI=1S/C11H23NO3/c1-4-6-7-10(11(13)14)8-9-12(3)15-5-2/h10H,4-9H2,1-3H3,(H,13,14). The number of hydroxylamine groups is 2. The Morgan fingerprint density at radius 1 is 1.40 bits per heavy atom. The molecule has 0 saturated heterocycles. The van der Waals surface area contributed by atoms with E-state index in [0.717, 1.165) is 19.3 Å². The summed E-state index contributed by atoms with van der Waals surface area (Å²) in [5, 5.41) is 10.7. The van der Waals surface area contributed by atoms with Crippen LogP contribution >= 0.6 is 0 Å². The van der Waals surface area contributed by atoms with Crippen LogP contribution in [-0.2, 0) is 9.63 Å². The van der Waals surface area contributed by atoms with Crippen LogP contribution in [0.5, 0.6) is 0 Å². The Balaban J connectivity index is 3.79. The highest BCUT2D eigenvalue weighted by molar-refractivity contribution is 5.69. The lowest BCUT2D eigenvalue weighted by Crippen LogP contribution is -2.25. The number of nitrogens with zero attached hydrogens (tertiary/aromatic N) is 1. The average molecular weight is 217 g/mol. The zero-order valence-electron chi connectivity index (χ0n) is 10.0. The number of carboxylic acids is 1. The van der Waals surface area contributed by atoms with Crippen molar-refractivity contribution in [2.75, 3.05) is 20.2 Å². The van der Waals surface area contributed by atoms with E-state index in [1.807, 2.05) is 14.0 Å². The van der Waals surface area contributed by atoms with Crippen molar-refractivity contribution in [1.29, 1.82) is 0 Å². The van der Waals surface area contributed by atoms with Gasteiger partial charge < -0.3 is 5.11 Å². The molecule has 0 saturated carbocycles. The lowest BCUT2D eigenvalue weighted by atomic mass is 9.99. The van der Waals surface area contributed by atoms with E-state index in [1.54, 1.807) is 5.06 Å². The van der Waals surface area contributed by atoms with Crippen molar-refractivity contribution in [3.63, 3.8) is 0 Å². The maximum absolute atomic E-state index is 10.9. The lowest BCUT2D eigenvalue weighted by molar-refractivity contribution is -0.148. The number of carbonyl (C=O) groups is 1. The molecular formula is C11H23NO3. The largest absolute Gasteiger partial charge is 0.481 e.